The van der Waals surface area contributed by atoms with Crippen LogP contribution in [0, 0.1) is 5.82 Å². The van der Waals surface area contributed by atoms with Crippen molar-refractivity contribution in [3.05, 3.63) is 65.5 Å². The predicted octanol–water partition coefficient (Wildman–Crippen LogP) is 2.19. The number of benzene rings is 2. The Bertz CT molecular complexity index is 975. The number of nitrogens with one attached hydrogen (secondary N) is 2. The molecule has 3 amide bonds. The molecular weight excluding hydrogens is 401 g/mol. The Balaban J connectivity index is 1.21. The molecule has 1 heterocycles. The molecule has 0 bridgehead atoms. The fourth-order valence-corrected chi connectivity index (χ4v) is 3.68. The van der Waals surface area contributed by atoms with Crippen LogP contribution in [0.5, 0.6) is 5.75 Å². The molecular formula is C23H24FN3O4. The molecule has 0 spiro atoms. The van der Waals surface area contributed by atoms with Gasteiger partial charge in [-0.2, -0.15) is 0 Å². The molecule has 1 atom stereocenters. The monoisotopic (exact) mass is 425 g/mol. The van der Waals surface area contributed by atoms with Crippen molar-refractivity contribution in [3.8, 4) is 5.75 Å². The van der Waals surface area contributed by atoms with Gasteiger partial charge in [0, 0.05) is 18.2 Å². The van der Waals surface area contributed by atoms with Gasteiger partial charge in [-0.05, 0) is 55.2 Å². The molecule has 1 fully saturated rings. The predicted molar refractivity (Wildman–Crippen MR) is 111 cm³/mol. The Kier molecular flexibility index (Phi) is 6.16. The fourth-order valence-electron chi connectivity index (χ4n) is 3.68. The summed E-state index contributed by atoms with van der Waals surface area (Å²) in [5, 5.41) is 5.38. The van der Waals surface area contributed by atoms with Gasteiger partial charge in [-0.1, -0.05) is 18.2 Å². The van der Waals surface area contributed by atoms with Crippen LogP contribution in [-0.2, 0) is 9.59 Å². The molecule has 0 saturated heterocycles. The van der Waals surface area contributed by atoms with E-state index in [9.17, 15) is 18.8 Å². The first-order valence-corrected chi connectivity index (χ1v) is 10.4. The van der Waals surface area contributed by atoms with E-state index in [0.717, 1.165) is 12.8 Å². The molecule has 8 heteroatoms. The van der Waals surface area contributed by atoms with Crippen LogP contribution in [0.1, 0.15) is 41.2 Å². The maximum Gasteiger partial charge on any atom is 0.255 e. The second-order valence-corrected chi connectivity index (χ2v) is 7.66. The van der Waals surface area contributed by atoms with Crippen molar-refractivity contribution in [2.45, 2.75) is 31.3 Å². The molecule has 2 N–H and O–H groups in total. The van der Waals surface area contributed by atoms with Crippen molar-refractivity contribution in [1.82, 2.24) is 15.5 Å². The maximum atomic E-state index is 12.9. The number of fused-ring (bicyclic) bond motifs is 1. The van der Waals surface area contributed by atoms with Crippen LogP contribution in [0.15, 0.2) is 48.5 Å². The summed E-state index contributed by atoms with van der Waals surface area (Å²) in [6, 6.07) is 12.3. The molecule has 0 aromatic heterocycles. The molecule has 2 aromatic carbocycles. The number of carbonyl (C=O) groups excluding carboxylic acids is 3. The van der Waals surface area contributed by atoms with E-state index in [1.54, 1.807) is 35.2 Å². The lowest BCUT2D eigenvalue weighted by Gasteiger charge is -2.24. The number of ether oxygens (including phenoxy) is 1. The van der Waals surface area contributed by atoms with Crippen molar-refractivity contribution in [1.29, 1.82) is 0 Å². The van der Waals surface area contributed by atoms with Gasteiger partial charge in [0.1, 0.15) is 17.6 Å². The van der Waals surface area contributed by atoms with Crippen LogP contribution in [0.2, 0.25) is 0 Å². The highest BCUT2D eigenvalue weighted by Gasteiger charge is 2.47. The van der Waals surface area contributed by atoms with Crippen molar-refractivity contribution in [2.24, 2.45) is 0 Å². The van der Waals surface area contributed by atoms with Crippen molar-refractivity contribution >= 4 is 17.7 Å². The Labute approximate surface area is 179 Å². The van der Waals surface area contributed by atoms with Crippen LogP contribution >= 0.6 is 0 Å². The molecule has 1 aliphatic carbocycles. The lowest BCUT2D eigenvalue weighted by Crippen LogP contribution is -2.44. The second kappa shape index (κ2) is 9.16. The summed E-state index contributed by atoms with van der Waals surface area (Å²) in [6.45, 7) is 0.591. The number of halogens is 1. The van der Waals surface area contributed by atoms with E-state index in [1.165, 1.54) is 12.1 Å². The summed E-state index contributed by atoms with van der Waals surface area (Å²) in [4.78, 5) is 39.2. The quantitative estimate of drug-likeness (QED) is 0.603. The molecule has 31 heavy (non-hydrogen) atoms. The average molecular weight is 425 g/mol. The van der Waals surface area contributed by atoms with Crippen molar-refractivity contribution < 1.29 is 23.5 Å². The summed E-state index contributed by atoms with van der Waals surface area (Å²) < 4.78 is 18.3. The van der Waals surface area contributed by atoms with Crippen LogP contribution in [0.4, 0.5) is 4.39 Å². The summed E-state index contributed by atoms with van der Waals surface area (Å²) in [6.07, 6.45) is 2.35. The zero-order chi connectivity index (χ0) is 21.8. The first-order valence-electron chi connectivity index (χ1n) is 10.4. The summed E-state index contributed by atoms with van der Waals surface area (Å²) >= 11 is 0. The number of hydrogen-bond donors (Lipinski definition) is 2. The van der Waals surface area contributed by atoms with Crippen LogP contribution in [-0.4, -0.2) is 48.4 Å². The van der Waals surface area contributed by atoms with Crippen LogP contribution in [0.25, 0.3) is 0 Å². The Hall–Kier alpha value is -3.42. The third-order valence-corrected chi connectivity index (χ3v) is 5.34. The molecule has 162 valence electrons. The molecule has 2 aromatic rings. The van der Waals surface area contributed by atoms with Gasteiger partial charge in [0.05, 0.1) is 13.2 Å². The number of rotatable bonds is 9. The Morgan fingerprint density at radius 3 is 2.55 bits per heavy atom. The van der Waals surface area contributed by atoms with Gasteiger partial charge in [-0.25, -0.2) is 4.39 Å². The van der Waals surface area contributed by atoms with Gasteiger partial charge in [-0.15, -0.1) is 0 Å². The summed E-state index contributed by atoms with van der Waals surface area (Å²) in [5.74, 6) is -0.548. The molecule has 1 aliphatic heterocycles. The van der Waals surface area contributed by atoms with Gasteiger partial charge in [-0.3, -0.25) is 14.4 Å². The highest BCUT2D eigenvalue weighted by Crippen LogP contribution is 2.41. The second-order valence-electron chi connectivity index (χ2n) is 7.66. The van der Waals surface area contributed by atoms with E-state index in [1.807, 2.05) is 6.07 Å². The molecule has 1 unspecified atom stereocenters. The van der Waals surface area contributed by atoms with Gasteiger partial charge in [0.25, 0.3) is 5.91 Å². The van der Waals surface area contributed by atoms with E-state index in [-0.39, 0.29) is 36.1 Å². The minimum absolute atomic E-state index is 0.0885. The minimum atomic E-state index is -0.687. The lowest BCUT2D eigenvalue weighted by atomic mass is 10.0. The van der Waals surface area contributed by atoms with Crippen molar-refractivity contribution in [3.63, 3.8) is 0 Å². The lowest BCUT2D eigenvalue weighted by molar-refractivity contribution is -0.129. The van der Waals surface area contributed by atoms with E-state index < -0.39 is 6.04 Å². The highest BCUT2D eigenvalue weighted by molar-refractivity contribution is 6.05. The molecule has 7 nitrogen and oxygen atoms in total. The first kappa shape index (κ1) is 20.8. The molecule has 1 saturated carbocycles. The fraction of sp³-hybridized carbons (Fsp3) is 0.348. The maximum absolute atomic E-state index is 12.9. The first-order chi connectivity index (χ1) is 15.0. The van der Waals surface area contributed by atoms with E-state index in [4.69, 9.17) is 4.74 Å². The largest absolute Gasteiger partial charge is 0.494 e. The van der Waals surface area contributed by atoms with Crippen LogP contribution < -0.4 is 15.4 Å². The molecule has 2 aliphatic rings. The van der Waals surface area contributed by atoms with Gasteiger partial charge in [0.2, 0.25) is 11.8 Å². The van der Waals surface area contributed by atoms with Gasteiger partial charge in [0.15, 0.2) is 0 Å². The zero-order valence-electron chi connectivity index (χ0n) is 17.0. The number of nitrogens with zero attached hydrogens (tertiary/aromatic N) is 1. The topological polar surface area (TPSA) is 87.7 Å². The third-order valence-electron chi connectivity index (χ3n) is 5.34. The highest BCUT2D eigenvalue weighted by atomic mass is 19.1. The minimum Gasteiger partial charge on any atom is -0.494 e. The number of carbonyl (C=O) groups is 3. The zero-order valence-corrected chi connectivity index (χ0v) is 17.0. The standard InChI is InChI=1S/C23H24FN3O4/c24-15-6-10-17(11-7-15)31-13-3-12-25-20(28)14-26-22(29)21-18-4-1-2-5-19(18)23(30)27(21)16-8-9-16/h1-2,4-7,10-11,16,21H,3,8-9,12-14H2,(H,25,28)(H,26,29). The third kappa shape index (κ3) is 4.84. The van der Waals surface area contributed by atoms with E-state index in [0.29, 0.717) is 36.4 Å². The molecule has 4 rings (SSSR count). The number of amides is 3. The summed E-state index contributed by atoms with van der Waals surface area (Å²) in [7, 11) is 0. The van der Waals surface area contributed by atoms with Gasteiger partial charge < -0.3 is 20.3 Å². The Morgan fingerprint density at radius 1 is 1.06 bits per heavy atom. The van der Waals surface area contributed by atoms with Gasteiger partial charge >= 0.3 is 0 Å². The van der Waals surface area contributed by atoms with Crippen molar-refractivity contribution in [2.75, 3.05) is 19.7 Å². The smallest absolute Gasteiger partial charge is 0.255 e. The molecule has 0 radical (unpaired) electrons. The van der Waals surface area contributed by atoms with E-state index >= 15 is 0 Å². The Morgan fingerprint density at radius 2 is 1.81 bits per heavy atom. The van der Waals surface area contributed by atoms with E-state index in [2.05, 4.69) is 10.6 Å². The summed E-state index contributed by atoms with van der Waals surface area (Å²) in [5.41, 5.74) is 1.25. The van der Waals surface area contributed by atoms with Crippen LogP contribution in [0.3, 0.4) is 0 Å². The number of hydrogen-bond acceptors (Lipinski definition) is 4. The normalized spacial score (nSPS) is 17.3. The average Bonchev–Trinajstić information content (AvgIpc) is 3.57. The SMILES string of the molecule is O=C(CNC(=O)C1c2ccccc2C(=O)N1C1CC1)NCCCOc1ccc(F)cc1.